The second-order valence-electron chi connectivity index (χ2n) is 8.18. The highest BCUT2D eigenvalue weighted by atomic mass is 16.5. The lowest BCUT2D eigenvalue weighted by molar-refractivity contribution is -0.125. The molecule has 2 aromatic carbocycles. The van der Waals surface area contributed by atoms with Crippen LogP contribution in [0.2, 0.25) is 0 Å². The number of aryl methyl sites for hydroxylation is 1. The van der Waals surface area contributed by atoms with Gasteiger partial charge in [0.05, 0.1) is 12.2 Å². The maximum atomic E-state index is 12.9. The molecule has 5 heteroatoms. The quantitative estimate of drug-likeness (QED) is 0.811. The van der Waals surface area contributed by atoms with Gasteiger partial charge < -0.3 is 15.0 Å². The number of benzene rings is 2. The number of nitrogens with zero attached hydrogens (tertiary/aromatic N) is 1. The molecule has 0 saturated heterocycles. The van der Waals surface area contributed by atoms with Crippen molar-refractivity contribution in [3.8, 4) is 5.75 Å². The number of anilines is 2. The Morgan fingerprint density at radius 2 is 1.83 bits per heavy atom. The van der Waals surface area contributed by atoms with Gasteiger partial charge in [-0.3, -0.25) is 9.59 Å². The summed E-state index contributed by atoms with van der Waals surface area (Å²) in [6, 6.07) is 13.7. The van der Waals surface area contributed by atoms with Crippen LogP contribution in [0.5, 0.6) is 5.75 Å². The summed E-state index contributed by atoms with van der Waals surface area (Å²) in [5.41, 5.74) is 3.65. The number of nitrogens with one attached hydrogen (secondary N) is 1. The van der Waals surface area contributed by atoms with Gasteiger partial charge in [-0.25, -0.2) is 0 Å². The molecule has 152 valence electrons. The van der Waals surface area contributed by atoms with E-state index in [-0.39, 0.29) is 17.7 Å². The lowest BCUT2D eigenvalue weighted by Gasteiger charge is -2.33. The van der Waals surface area contributed by atoms with Gasteiger partial charge in [-0.2, -0.15) is 0 Å². The molecule has 0 bridgehead atoms. The van der Waals surface area contributed by atoms with E-state index in [9.17, 15) is 9.59 Å². The Morgan fingerprint density at radius 1 is 1.10 bits per heavy atom. The zero-order chi connectivity index (χ0) is 20.4. The van der Waals surface area contributed by atoms with Crippen molar-refractivity contribution in [3.63, 3.8) is 0 Å². The van der Waals surface area contributed by atoms with Gasteiger partial charge >= 0.3 is 0 Å². The summed E-state index contributed by atoms with van der Waals surface area (Å²) in [6.45, 7) is 4.29. The normalized spacial score (nSPS) is 19.4. The molecule has 1 atom stereocenters. The van der Waals surface area contributed by atoms with Crippen molar-refractivity contribution in [2.45, 2.75) is 58.6 Å². The van der Waals surface area contributed by atoms with E-state index < -0.39 is 6.10 Å². The second kappa shape index (κ2) is 8.27. The van der Waals surface area contributed by atoms with E-state index in [1.807, 2.05) is 49.4 Å². The van der Waals surface area contributed by atoms with Crippen LogP contribution in [-0.4, -0.2) is 17.9 Å². The predicted octanol–water partition coefficient (Wildman–Crippen LogP) is 4.83. The van der Waals surface area contributed by atoms with E-state index in [2.05, 4.69) is 5.32 Å². The van der Waals surface area contributed by atoms with Gasteiger partial charge in [0.1, 0.15) is 5.75 Å². The van der Waals surface area contributed by atoms with Gasteiger partial charge in [-0.15, -0.1) is 0 Å². The zero-order valence-electron chi connectivity index (χ0n) is 17.1. The Balaban J connectivity index is 1.58. The highest BCUT2D eigenvalue weighted by Crippen LogP contribution is 2.37. The number of amides is 2. The zero-order valence-corrected chi connectivity index (χ0v) is 17.1. The Kier molecular flexibility index (Phi) is 5.56. The summed E-state index contributed by atoms with van der Waals surface area (Å²) in [5.74, 6) is 0.751. The van der Waals surface area contributed by atoms with Crippen LogP contribution in [0.1, 0.15) is 50.2 Å². The summed E-state index contributed by atoms with van der Waals surface area (Å²) in [7, 11) is 0. The average molecular weight is 392 g/mol. The van der Waals surface area contributed by atoms with Crippen molar-refractivity contribution in [2.24, 2.45) is 5.92 Å². The Hall–Kier alpha value is -2.82. The molecule has 0 spiro atoms. The monoisotopic (exact) mass is 392 g/mol. The van der Waals surface area contributed by atoms with Crippen LogP contribution >= 0.6 is 0 Å². The summed E-state index contributed by atoms with van der Waals surface area (Å²) in [6.07, 6.45) is 4.83. The van der Waals surface area contributed by atoms with E-state index in [4.69, 9.17) is 4.74 Å². The van der Waals surface area contributed by atoms with Gasteiger partial charge in [0.2, 0.25) is 5.91 Å². The topological polar surface area (TPSA) is 58.6 Å². The van der Waals surface area contributed by atoms with E-state index >= 15 is 0 Å². The number of rotatable bonds is 4. The third kappa shape index (κ3) is 4.29. The summed E-state index contributed by atoms with van der Waals surface area (Å²) in [5, 5.41) is 3.05. The largest absolute Gasteiger partial charge is 0.479 e. The highest BCUT2D eigenvalue weighted by molar-refractivity contribution is 6.01. The maximum absolute atomic E-state index is 12.9. The van der Waals surface area contributed by atoms with E-state index in [0.717, 1.165) is 31.2 Å². The molecule has 1 fully saturated rings. The molecule has 1 aliphatic carbocycles. The highest BCUT2D eigenvalue weighted by Gasteiger charge is 2.32. The predicted molar refractivity (Wildman–Crippen MR) is 114 cm³/mol. The third-order valence-electron chi connectivity index (χ3n) is 5.87. The summed E-state index contributed by atoms with van der Waals surface area (Å²) in [4.78, 5) is 27.2. The van der Waals surface area contributed by atoms with E-state index in [0.29, 0.717) is 23.7 Å². The number of fused-ring (bicyclic) bond motifs is 1. The Bertz CT molecular complexity index is 901. The van der Waals surface area contributed by atoms with Gasteiger partial charge in [0.15, 0.2) is 6.10 Å². The molecule has 2 amide bonds. The fourth-order valence-electron chi connectivity index (χ4n) is 4.13. The van der Waals surface area contributed by atoms with Crippen molar-refractivity contribution < 1.29 is 14.3 Å². The van der Waals surface area contributed by atoms with Crippen LogP contribution in [0.25, 0.3) is 0 Å². The number of hydrogen-bond donors (Lipinski definition) is 1. The standard InChI is InChI=1S/C24H28N2O3/c1-16-8-10-18(11-9-16)15-26-21-14-20(12-13-22(21)29-17(2)24(26)28)25-23(27)19-6-4-3-5-7-19/h8-14,17,19H,3-7,15H2,1-2H3,(H,25,27). The molecule has 4 rings (SSSR count). The van der Waals surface area contributed by atoms with Crippen molar-refractivity contribution in [1.29, 1.82) is 0 Å². The first kappa shape index (κ1) is 19.5. The Morgan fingerprint density at radius 3 is 2.55 bits per heavy atom. The van der Waals surface area contributed by atoms with Crippen molar-refractivity contribution in [1.82, 2.24) is 0 Å². The molecule has 1 saturated carbocycles. The first-order valence-electron chi connectivity index (χ1n) is 10.5. The van der Waals surface area contributed by atoms with Crippen LogP contribution < -0.4 is 15.0 Å². The second-order valence-corrected chi connectivity index (χ2v) is 8.18. The smallest absolute Gasteiger partial charge is 0.268 e. The number of carbonyl (C=O) groups excluding carboxylic acids is 2. The molecule has 1 aliphatic heterocycles. The summed E-state index contributed by atoms with van der Waals surface area (Å²) < 4.78 is 5.80. The van der Waals surface area contributed by atoms with Crippen LogP contribution in [-0.2, 0) is 16.1 Å². The minimum Gasteiger partial charge on any atom is -0.479 e. The van der Waals surface area contributed by atoms with Crippen molar-refractivity contribution >= 4 is 23.2 Å². The Labute approximate surface area is 172 Å². The fourth-order valence-corrected chi connectivity index (χ4v) is 4.13. The molecule has 1 heterocycles. The van der Waals surface area contributed by atoms with Gasteiger partial charge in [-0.1, -0.05) is 49.1 Å². The molecular weight excluding hydrogens is 364 g/mol. The number of hydrogen-bond acceptors (Lipinski definition) is 3. The molecule has 0 aromatic heterocycles. The van der Waals surface area contributed by atoms with Crippen LogP contribution in [0.15, 0.2) is 42.5 Å². The van der Waals surface area contributed by atoms with Crippen LogP contribution in [0.4, 0.5) is 11.4 Å². The molecule has 5 nitrogen and oxygen atoms in total. The fraction of sp³-hybridized carbons (Fsp3) is 0.417. The van der Waals surface area contributed by atoms with E-state index in [1.165, 1.54) is 12.0 Å². The van der Waals surface area contributed by atoms with Crippen molar-refractivity contribution in [2.75, 3.05) is 10.2 Å². The van der Waals surface area contributed by atoms with Gasteiger partial charge in [-0.05, 0) is 50.5 Å². The minimum absolute atomic E-state index is 0.0751. The average Bonchev–Trinajstić information content (AvgIpc) is 2.74. The molecule has 29 heavy (non-hydrogen) atoms. The van der Waals surface area contributed by atoms with Gasteiger partial charge in [0, 0.05) is 11.6 Å². The molecule has 2 aromatic rings. The molecule has 1 unspecified atom stereocenters. The number of ether oxygens (including phenoxy) is 1. The lowest BCUT2D eigenvalue weighted by atomic mass is 9.88. The third-order valence-corrected chi connectivity index (χ3v) is 5.87. The molecular formula is C24H28N2O3. The van der Waals surface area contributed by atoms with Crippen molar-refractivity contribution in [3.05, 3.63) is 53.6 Å². The first-order valence-corrected chi connectivity index (χ1v) is 10.5. The SMILES string of the molecule is Cc1ccc(CN2C(=O)C(C)Oc3ccc(NC(=O)C4CCCCC4)cc32)cc1. The number of carbonyl (C=O) groups is 2. The lowest BCUT2D eigenvalue weighted by Crippen LogP contribution is -2.44. The summed E-state index contributed by atoms with van der Waals surface area (Å²) >= 11 is 0. The molecule has 0 radical (unpaired) electrons. The molecule has 1 N–H and O–H groups in total. The van der Waals surface area contributed by atoms with Gasteiger partial charge in [0.25, 0.3) is 5.91 Å². The molecule has 2 aliphatic rings. The van der Waals surface area contributed by atoms with Crippen LogP contribution in [0, 0.1) is 12.8 Å². The van der Waals surface area contributed by atoms with Crippen LogP contribution in [0.3, 0.4) is 0 Å². The first-order chi connectivity index (χ1) is 14.0. The minimum atomic E-state index is -0.532. The van der Waals surface area contributed by atoms with E-state index in [1.54, 1.807) is 11.8 Å². The maximum Gasteiger partial charge on any atom is 0.268 e.